The predicted octanol–water partition coefficient (Wildman–Crippen LogP) is 6.12. The van der Waals surface area contributed by atoms with Gasteiger partial charge in [-0.05, 0) is 113 Å². The Bertz CT molecular complexity index is 1110. The zero-order valence-electron chi connectivity index (χ0n) is 31.9. The zero-order chi connectivity index (χ0) is 36.5. The third kappa shape index (κ3) is 17.2. The first-order valence-electron chi connectivity index (χ1n) is 19.8. The lowest BCUT2D eigenvalue weighted by Crippen LogP contribution is -2.52. The minimum atomic E-state index is -2.19. The third-order valence-corrected chi connectivity index (χ3v) is 10.3. The molecule has 0 unspecified atom stereocenters. The summed E-state index contributed by atoms with van der Waals surface area (Å²) >= 11 is 0. The Labute approximate surface area is 304 Å². The molecule has 0 amide bonds. The fraction of sp³-hybridized carbons (Fsp3) is 0.667. The van der Waals surface area contributed by atoms with E-state index in [1.165, 1.54) is 162 Å². The molecule has 0 aliphatic carbocycles. The quantitative estimate of drug-likeness (QED) is 0.138. The number of likely N-dealkylation sites (tertiary alicyclic amines) is 2. The highest BCUT2D eigenvalue weighted by Gasteiger charge is 2.29. The molecule has 0 bridgehead atoms. The number of piperidine rings is 2. The van der Waals surface area contributed by atoms with E-state index in [9.17, 15) is 0 Å². The van der Waals surface area contributed by atoms with Crippen LogP contribution in [0.3, 0.4) is 0 Å². The molecule has 0 atom stereocenters. The van der Waals surface area contributed by atoms with Crippen LogP contribution in [-0.4, -0.2) is 86.5 Å². The summed E-state index contributed by atoms with van der Waals surface area (Å²) in [6.07, 6.45) is 19.1. The number of unbranched alkanes of at least 4 members (excludes halogenated alkanes) is 2. The summed E-state index contributed by atoms with van der Waals surface area (Å²) < 4.78 is 14.0. The molecule has 2 aromatic carbocycles. The Hall–Kier alpha value is -3.10. The predicted molar refractivity (Wildman–Crippen MR) is 199 cm³/mol. The summed E-state index contributed by atoms with van der Waals surface area (Å²) in [4.78, 5) is 17.9. The summed E-state index contributed by atoms with van der Waals surface area (Å²) in [5, 5.41) is 17.9. The highest BCUT2D eigenvalue weighted by atomic mass is 16.5. The molecule has 2 aliphatic rings. The smallest absolute Gasteiger partial charge is 0.119 e. The molecule has 2 aliphatic heterocycles. The van der Waals surface area contributed by atoms with Crippen LogP contribution in [0.25, 0.3) is 0 Å². The van der Waals surface area contributed by atoms with E-state index in [0.717, 1.165) is 24.7 Å². The van der Waals surface area contributed by atoms with Crippen LogP contribution in [-0.2, 0) is 22.4 Å². The van der Waals surface area contributed by atoms with E-state index in [2.05, 4.69) is 62.4 Å². The van der Waals surface area contributed by atoms with Crippen molar-refractivity contribution in [2.24, 2.45) is 0 Å². The summed E-state index contributed by atoms with van der Waals surface area (Å²) in [6, 6.07) is 17.3. The summed E-state index contributed by atoms with van der Waals surface area (Å²) in [5.74, 6) is -2.33. The van der Waals surface area contributed by atoms with Crippen molar-refractivity contribution in [3.8, 4) is 11.5 Å². The van der Waals surface area contributed by atoms with Crippen molar-refractivity contribution in [2.75, 3.05) is 65.6 Å². The molecule has 0 saturated carbocycles. The van der Waals surface area contributed by atoms with Gasteiger partial charge in [-0.25, -0.2) is 0 Å². The third-order valence-electron chi connectivity index (χ3n) is 10.3. The summed E-state index contributed by atoms with van der Waals surface area (Å²) in [7, 11) is 0. The van der Waals surface area contributed by atoms with Gasteiger partial charge in [0.15, 0.2) is 0 Å². The van der Waals surface area contributed by atoms with Crippen molar-refractivity contribution >= 4 is 11.9 Å². The lowest BCUT2D eigenvalue weighted by atomic mass is 10.0. The van der Waals surface area contributed by atoms with Crippen LogP contribution < -0.4 is 19.7 Å². The number of hydrogen-bond acceptors (Lipinski definition) is 6. The van der Waals surface area contributed by atoms with Gasteiger partial charge in [0.1, 0.15) is 11.5 Å². The molecule has 0 spiro atoms. The van der Waals surface area contributed by atoms with Crippen LogP contribution in [0, 0.1) is 0 Å². The monoisotopic (exact) mass is 697 g/mol. The fourth-order valence-electron chi connectivity index (χ4n) is 7.62. The van der Waals surface area contributed by atoms with Crippen molar-refractivity contribution in [3.05, 3.63) is 59.7 Å². The molecule has 2 saturated heterocycles. The molecular formula is C42H68N2O6. The fourth-order valence-corrected chi connectivity index (χ4v) is 7.62. The molecule has 282 valence electrons. The molecule has 4 rings (SSSR count). The SMILES string of the molecule is CCCC[N+]1(CCCc2cccc(OCC)c2)CCCCC1.CCCC[N+]1(CCCc2cccc(OCC)c2)CCCCC1.O=C([O-])C(=O)[O-]. The molecule has 2 heterocycles. The van der Waals surface area contributed by atoms with Gasteiger partial charge in [-0.15, -0.1) is 0 Å². The number of ether oxygens (including phenoxy) is 2. The van der Waals surface area contributed by atoms with Crippen LogP contribution in [0.5, 0.6) is 11.5 Å². The number of benzene rings is 2. The number of aryl methyl sites for hydroxylation is 2. The average molecular weight is 697 g/mol. The number of nitrogens with zero attached hydrogens (tertiary/aromatic N) is 2. The number of carboxylic acids is 2. The molecule has 2 aromatic rings. The van der Waals surface area contributed by atoms with Gasteiger partial charge in [-0.3, -0.25) is 0 Å². The maximum absolute atomic E-state index is 8.93. The minimum absolute atomic E-state index is 0.750. The molecule has 0 N–H and O–H groups in total. The second kappa shape index (κ2) is 25.0. The number of rotatable bonds is 18. The number of aliphatic carboxylic acids is 2. The molecule has 0 radical (unpaired) electrons. The van der Waals surface area contributed by atoms with Crippen LogP contribution in [0.1, 0.15) is 116 Å². The standard InChI is InChI=1S/2C20H34NO.C2H2O4/c2*1-3-5-14-21(15-7-6-8-16-21)17-10-12-19-11-9-13-20(18-19)22-4-2;3-1(4)2(5)6/h2*9,11,13,18H,3-8,10,12,14-17H2,1-2H3;(H,3,4)(H,5,6)/q2*+1;/p-2. The van der Waals surface area contributed by atoms with Gasteiger partial charge in [0.05, 0.1) is 77.5 Å². The normalized spacial score (nSPS) is 16.2. The number of carbonyl (C=O) groups excluding carboxylic acids is 2. The van der Waals surface area contributed by atoms with E-state index < -0.39 is 11.9 Å². The van der Waals surface area contributed by atoms with Gasteiger partial charge in [-0.2, -0.15) is 0 Å². The molecule has 50 heavy (non-hydrogen) atoms. The number of carbonyl (C=O) groups is 2. The Morgan fingerprint density at radius 2 is 0.920 bits per heavy atom. The lowest BCUT2D eigenvalue weighted by Gasteiger charge is -2.42. The molecule has 8 nitrogen and oxygen atoms in total. The minimum Gasteiger partial charge on any atom is -0.543 e. The number of carboxylic acid groups (broad SMARTS) is 2. The zero-order valence-corrected chi connectivity index (χ0v) is 31.9. The van der Waals surface area contributed by atoms with Gasteiger partial charge in [0.25, 0.3) is 0 Å². The van der Waals surface area contributed by atoms with Crippen LogP contribution in [0.2, 0.25) is 0 Å². The Morgan fingerprint density at radius 1 is 0.560 bits per heavy atom. The van der Waals surface area contributed by atoms with Crippen LogP contribution in [0.15, 0.2) is 48.5 Å². The first-order chi connectivity index (χ1) is 24.2. The summed E-state index contributed by atoms with van der Waals surface area (Å²) in [5.41, 5.74) is 2.85. The van der Waals surface area contributed by atoms with Gasteiger partial charge in [0, 0.05) is 12.8 Å². The highest BCUT2D eigenvalue weighted by Crippen LogP contribution is 2.24. The lowest BCUT2D eigenvalue weighted by molar-refractivity contribution is -0.932. The van der Waals surface area contributed by atoms with Crippen molar-refractivity contribution in [3.63, 3.8) is 0 Å². The van der Waals surface area contributed by atoms with Crippen molar-refractivity contribution in [1.29, 1.82) is 0 Å². The molecule has 2 fully saturated rings. The van der Waals surface area contributed by atoms with Gasteiger partial charge in [-0.1, -0.05) is 51.0 Å². The van der Waals surface area contributed by atoms with Crippen LogP contribution >= 0.6 is 0 Å². The molecular weight excluding hydrogens is 628 g/mol. The van der Waals surface area contributed by atoms with Crippen LogP contribution in [0.4, 0.5) is 0 Å². The van der Waals surface area contributed by atoms with Crippen molar-refractivity contribution < 1.29 is 38.2 Å². The van der Waals surface area contributed by atoms with E-state index in [1.54, 1.807) is 0 Å². The van der Waals surface area contributed by atoms with E-state index in [0.29, 0.717) is 0 Å². The van der Waals surface area contributed by atoms with E-state index in [4.69, 9.17) is 29.3 Å². The Kier molecular flexibility index (Phi) is 21.5. The first-order valence-corrected chi connectivity index (χ1v) is 19.8. The Morgan fingerprint density at radius 3 is 1.24 bits per heavy atom. The average Bonchev–Trinajstić information content (AvgIpc) is 3.12. The largest absolute Gasteiger partial charge is 0.543 e. The van der Waals surface area contributed by atoms with Gasteiger partial charge >= 0.3 is 0 Å². The molecule has 8 heteroatoms. The van der Waals surface area contributed by atoms with Crippen molar-refractivity contribution in [2.45, 2.75) is 118 Å². The highest BCUT2D eigenvalue weighted by molar-refractivity contribution is 6.25. The van der Waals surface area contributed by atoms with Gasteiger partial charge in [0.2, 0.25) is 0 Å². The number of quaternary nitrogens is 2. The number of hydrogen-bond donors (Lipinski definition) is 0. The second-order valence-electron chi connectivity index (χ2n) is 14.2. The maximum Gasteiger partial charge on any atom is 0.119 e. The second-order valence-corrected chi connectivity index (χ2v) is 14.2. The first kappa shape index (κ1) is 43.1. The van der Waals surface area contributed by atoms with Crippen molar-refractivity contribution in [1.82, 2.24) is 0 Å². The van der Waals surface area contributed by atoms with E-state index in [-0.39, 0.29) is 0 Å². The van der Waals surface area contributed by atoms with Gasteiger partial charge < -0.3 is 38.2 Å². The topological polar surface area (TPSA) is 98.7 Å². The Balaban J connectivity index is 0.000000299. The van der Waals surface area contributed by atoms with E-state index in [1.807, 2.05) is 13.8 Å². The van der Waals surface area contributed by atoms with E-state index >= 15 is 0 Å². The summed E-state index contributed by atoms with van der Waals surface area (Å²) in [6.45, 7) is 21.4. The molecule has 0 aromatic heterocycles. The maximum atomic E-state index is 8.93.